The maximum absolute atomic E-state index is 12.7. The molecular formula is C17H21N5O. The summed E-state index contributed by atoms with van der Waals surface area (Å²) >= 11 is 0. The van der Waals surface area contributed by atoms with Crippen LogP contribution in [0.25, 0.3) is 0 Å². The third-order valence-electron chi connectivity index (χ3n) is 4.12. The summed E-state index contributed by atoms with van der Waals surface area (Å²) in [6, 6.07) is 3.79. The second-order valence-corrected chi connectivity index (χ2v) is 5.97. The minimum absolute atomic E-state index is 0.0248. The molecule has 120 valence electrons. The van der Waals surface area contributed by atoms with Gasteiger partial charge in [0.25, 0.3) is 0 Å². The van der Waals surface area contributed by atoms with Gasteiger partial charge in [-0.05, 0) is 30.5 Å². The molecule has 6 nitrogen and oxygen atoms in total. The highest BCUT2D eigenvalue weighted by Gasteiger charge is 2.31. The molecule has 6 heteroatoms. The highest BCUT2D eigenvalue weighted by Crippen LogP contribution is 2.31. The fourth-order valence-corrected chi connectivity index (χ4v) is 2.90. The van der Waals surface area contributed by atoms with E-state index in [1.54, 1.807) is 24.8 Å². The van der Waals surface area contributed by atoms with Gasteiger partial charge in [0.15, 0.2) is 0 Å². The van der Waals surface area contributed by atoms with Crippen LogP contribution >= 0.6 is 0 Å². The number of anilines is 1. The van der Waals surface area contributed by atoms with Gasteiger partial charge in [-0.2, -0.15) is 0 Å². The van der Waals surface area contributed by atoms with E-state index in [1.165, 1.54) is 0 Å². The lowest BCUT2D eigenvalue weighted by molar-refractivity contribution is -0.131. The number of hydrogen-bond donors (Lipinski definition) is 0. The zero-order valence-electron chi connectivity index (χ0n) is 13.5. The summed E-state index contributed by atoms with van der Waals surface area (Å²) in [7, 11) is 3.88. The molecular weight excluding hydrogens is 290 g/mol. The highest BCUT2D eigenvalue weighted by molar-refractivity contribution is 5.79. The Kier molecular flexibility index (Phi) is 4.50. The quantitative estimate of drug-likeness (QED) is 0.862. The largest absolute Gasteiger partial charge is 0.361 e. The SMILES string of the molecule is CN(C)c1cncc([C@@H]2CCCN2C(=O)Cc2ccncc2)n1. The summed E-state index contributed by atoms with van der Waals surface area (Å²) in [5.74, 6) is 0.951. The summed E-state index contributed by atoms with van der Waals surface area (Å²) in [4.78, 5) is 29.4. The van der Waals surface area contributed by atoms with Crippen molar-refractivity contribution in [2.24, 2.45) is 0 Å². The van der Waals surface area contributed by atoms with Crippen molar-refractivity contribution in [2.75, 3.05) is 25.5 Å². The van der Waals surface area contributed by atoms with Crippen LogP contribution in [0.2, 0.25) is 0 Å². The highest BCUT2D eigenvalue weighted by atomic mass is 16.2. The topological polar surface area (TPSA) is 62.2 Å². The minimum atomic E-state index is 0.0248. The van der Waals surface area contributed by atoms with E-state index in [1.807, 2.05) is 36.0 Å². The fourth-order valence-electron chi connectivity index (χ4n) is 2.90. The van der Waals surface area contributed by atoms with Gasteiger partial charge in [-0.3, -0.25) is 14.8 Å². The molecule has 0 N–H and O–H groups in total. The molecule has 2 aromatic rings. The monoisotopic (exact) mass is 311 g/mol. The standard InChI is InChI=1S/C17H21N5O/c1-21(2)16-12-19-11-14(20-16)15-4-3-9-22(15)17(23)10-13-5-7-18-8-6-13/h5-8,11-12,15H,3-4,9-10H2,1-2H3/t15-/m0/s1. The molecule has 1 saturated heterocycles. The van der Waals surface area contributed by atoms with Crippen LogP contribution in [-0.4, -0.2) is 46.4 Å². The van der Waals surface area contributed by atoms with Crippen molar-refractivity contribution in [3.63, 3.8) is 0 Å². The molecule has 0 saturated carbocycles. The van der Waals surface area contributed by atoms with Crippen LogP contribution in [0.15, 0.2) is 36.9 Å². The van der Waals surface area contributed by atoms with Gasteiger partial charge in [0.2, 0.25) is 5.91 Å². The Morgan fingerprint density at radius 1 is 1.26 bits per heavy atom. The number of likely N-dealkylation sites (tertiary alicyclic amines) is 1. The number of amides is 1. The molecule has 3 heterocycles. The number of carbonyl (C=O) groups is 1. The molecule has 0 unspecified atom stereocenters. The van der Waals surface area contributed by atoms with Gasteiger partial charge in [-0.1, -0.05) is 0 Å². The van der Waals surface area contributed by atoms with Crippen molar-refractivity contribution in [1.82, 2.24) is 19.9 Å². The summed E-state index contributed by atoms with van der Waals surface area (Å²) in [6.07, 6.45) is 9.29. The van der Waals surface area contributed by atoms with Gasteiger partial charge in [-0.15, -0.1) is 0 Å². The van der Waals surface area contributed by atoms with Crippen LogP contribution < -0.4 is 4.90 Å². The second kappa shape index (κ2) is 6.73. The smallest absolute Gasteiger partial charge is 0.227 e. The summed E-state index contributed by atoms with van der Waals surface area (Å²) in [6.45, 7) is 0.780. The Morgan fingerprint density at radius 2 is 2.04 bits per heavy atom. The summed E-state index contributed by atoms with van der Waals surface area (Å²) in [5.41, 5.74) is 1.86. The molecule has 3 rings (SSSR count). The maximum Gasteiger partial charge on any atom is 0.227 e. The van der Waals surface area contributed by atoms with E-state index in [9.17, 15) is 4.79 Å². The van der Waals surface area contributed by atoms with Crippen LogP contribution in [0.3, 0.4) is 0 Å². The van der Waals surface area contributed by atoms with Gasteiger partial charge in [0.05, 0.1) is 30.6 Å². The Hall–Kier alpha value is -2.50. The average Bonchev–Trinajstić information content (AvgIpc) is 3.05. The molecule has 0 aliphatic carbocycles. The van der Waals surface area contributed by atoms with Crippen molar-refractivity contribution in [1.29, 1.82) is 0 Å². The molecule has 0 radical (unpaired) electrons. The van der Waals surface area contributed by atoms with E-state index in [0.717, 1.165) is 36.5 Å². The zero-order chi connectivity index (χ0) is 16.2. The minimum Gasteiger partial charge on any atom is -0.361 e. The first-order valence-corrected chi connectivity index (χ1v) is 7.83. The number of hydrogen-bond acceptors (Lipinski definition) is 5. The summed E-state index contributed by atoms with van der Waals surface area (Å²) in [5, 5.41) is 0. The number of carbonyl (C=O) groups excluding carboxylic acids is 1. The van der Waals surface area contributed by atoms with Gasteiger partial charge in [-0.25, -0.2) is 4.98 Å². The Morgan fingerprint density at radius 3 is 2.78 bits per heavy atom. The van der Waals surface area contributed by atoms with Crippen LogP contribution in [0.4, 0.5) is 5.82 Å². The Labute approximate surface area is 136 Å². The lowest BCUT2D eigenvalue weighted by atomic mass is 10.1. The van der Waals surface area contributed by atoms with Crippen LogP contribution in [-0.2, 0) is 11.2 Å². The number of aromatic nitrogens is 3. The van der Waals surface area contributed by atoms with Crippen molar-refractivity contribution < 1.29 is 4.79 Å². The molecule has 2 aromatic heterocycles. The van der Waals surface area contributed by atoms with Crippen LogP contribution in [0.1, 0.15) is 30.1 Å². The predicted molar refractivity (Wildman–Crippen MR) is 88.0 cm³/mol. The third kappa shape index (κ3) is 3.47. The molecule has 0 bridgehead atoms. The second-order valence-electron chi connectivity index (χ2n) is 5.97. The molecule has 0 aromatic carbocycles. The Bertz CT molecular complexity index is 674. The molecule has 1 aliphatic heterocycles. The van der Waals surface area contributed by atoms with Gasteiger partial charge >= 0.3 is 0 Å². The first kappa shape index (κ1) is 15.4. The van der Waals surface area contributed by atoms with Crippen molar-refractivity contribution in [3.8, 4) is 0 Å². The molecule has 1 aliphatic rings. The molecule has 1 fully saturated rings. The maximum atomic E-state index is 12.7. The molecule has 1 amide bonds. The normalized spacial score (nSPS) is 17.3. The van der Waals surface area contributed by atoms with E-state index in [2.05, 4.69) is 15.0 Å². The van der Waals surface area contributed by atoms with E-state index >= 15 is 0 Å². The van der Waals surface area contributed by atoms with Gasteiger partial charge in [0.1, 0.15) is 5.82 Å². The average molecular weight is 311 g/mol. The van der Waals surface area contributed by atoms with Crippen LogP contribution in [0.5, 0.6) is 0 Å². The zero-order valence-corrected chi connectivity index (χ0v) is 13.5. The van der Waals surface area contributed by atoms with E-state index < -0.39 is 0 Å². The van der Waals surface area contributed by atoms with E-state index in [-0.39, 0.29) is 11.9 Å². The summed E-state index contributed by atoms with van der Waals surface area (Å²) < 4.78 is 0. The van der Waals surface area contributed by atoms with Crippen LogP contribution in [0, 0.1) is 0 Å². The van der Waals surface area contributed by atoms with Crippen molar-refractivity contribution >= 4 is 11.7 Å². The predicted octanol–water partition coefficient (Wildman–Crippen LogP) is 1.84. The molecule has 1 atom stereocenters. The number of pyridine rings is 1. The molecule has 0 spiro atoms. The fraction of sp³-hybridized carbons (Fsp3) is 0.412. The van der Waals surface area contributed by atoms with E-state index in [0.29, 0.717) is 6.42 Å². The van der Waals surface area contributed by atoms with Crippen molar-refractivity contribution in [2.45, 2.75) is 25.3 Å². The third-order valence-corrected chi connectivity index (χ3v) is 4.12. The van der Waals surface area contributed by atoms with Crippen molar-refractivity contribution in [3.05, 3.63) is 48.2 Å². The molecule has 23 heavy (non-hydrogen) atoms. The lowest BCUT2D eigenvalue weighted by Crippen LogP contribution is -2.32. The first-order chi connectivity index (χ1) is 11.1. The Balaban J connectivity index is 1.77. The number of nitrogens with zero attached hydrogens (tertiary/aromatic N) is 5. The first-order valence-electron chi connectivity index (χ1n) is 7.83. The number of rotatable bonds is 4. The van der Waals surface area contributed by atoms with Gasteiger partial charge < -0.3 is 9.80 Å². The lowest BCUT2D eigenvalue weighted by Gasteiger charge is -2.25. The van der Waals surface area contributed by atoms with E-state index in [4.69, 9.17) is 0 Å². The van der Waals surface area contributed by atoms with Gasteiger partial charge in [0, 0.05) is 33.0 Å².